The van der Waals surface area contributed by atoms with Gasteiger partial charge in [-0.3, -0.25) is 4.79 Å². The predicted octanol–water partition coefficient (Wildman–Crippen LogP) is 3.69. The maximum Gasteiger partial charge on any atom is 0.246 e. The van der Waals surface area contributed by atoms with Crippen LogP contribution in [0.1, 0.15) is 51.9 Å². The molecular weight excluding hydrogens is 222 g/mol. The van der Waals surface area contributed by atoms with Crippen molar-refractivity contribution in [3.8, 4) is 0 Å². The summed E-state index contributed by atoms with van der Waals surface area (Å²) in [4.78, 5) is 14.0. The molecular formula is C16H25NO. The molecule has 1 aliphatic carbocycles. The van der Waals surface area contributed by atoms with Crippen molar-refractivity contribution in [1.29, 1.82) is 0 Å². The summed E-state index contributed by atoms with van der Waals surface area (Å²) < 4.78 is 0. The van der Waals surface area contributed by atoms with E-state index in [9.17, 15) is 4.79 Å². The molecule has 0 aromatic carbocycles. The standard InChI is InChI=1S/C16H25NO/c1-2-3-5-8-15(18)17-13-11-16(12-14-17)9-6-4-7-10-16/h2-3,5,8H,4,6-7,9-14H2,1H3. The fraction of sp³-hybridized carbons (Fsp3) is 0.688. The van der Waals surface area contributed by atoms with Gasteiger partial charge in [-0.15, -0.1) is 0 Å². The number of allylic oxidation sites excluding steroid dienone is 3. The maximum absolute atomic E-state index is 11.9. The first-order chi connectivity index (χ1) is 8.76. The second-order valence-corrected chi connectivity index (χ2v) is 5.77. The highest BCUT2D eigenvalue weighted by Gasteiger charge is 2.36. The van der Waals surface area contributed by atoms with Crippen molar-refractivity contribution in [2.75, 3.05) is 13.1 Å². The summed E-state index contributed by atoms with van der Waals surface area (Å²) in [5.74, 6) is 0.179. The Morgan fingerprint density at radius 2 is 1.67 bits per heavy atom. The van der Waals surface area contributed by atoms with Crippen LogP contribution in [-0.2, 0) is 4.79 Å². The van der Waals surface area contributed by atoms with Gasteiger partial charge in [0, 0.05) is 19.2 Å². The van der Waals surface area contributed by atoms with Gasteiger partial charge in [0.05, 0.1) is 0 Å². The molecule has 0 N–H and O–H groups in total. The van der Waals surface area contributed by atoms with E-state index in [-0.39, 0.29) is 5.91 Å². The lowest BCUT2D eigenvalue weighted by molar-refractivity contribution is -0.128. The van der Waals surface area contributed by atoms with Crippen LogP contribution in [0.3, 0.4) is 0 Å². The van der Waals surface area contributed by atoms with Crippen molar-refractivity contribution in [2.24, 2.45) is 5.41 Å². The summed E-state index contributed by atoms with van der Waals surface area (Å²) in [6, 6.07) is 0. The zero-order chi connectivity index (χ0) is 12.8. The Bertz CT molecular complexity index is 327. The molecule has 0 unspecified atom stereocenters. The monoisotopic (exact) mass is 247 g/mol. The van der Waals surface area contributed by atoms with Gasteiger partial charge in [0.1, 0.15) is 0 Å². The quantitative estimate of drug-likeness (QED) is 0.538. The van der Waals surface area contributed by atoms with Crippen LogP contribution in [0.15, 0.2) is 24.3 Å². The van der Waals surface area contributed by atoms with Crippen LogP contribution >= 0.6 is 0 Å². The average Bonchev–Trinajstić information content (AvgIpc) is 2.41. The van der Waals surface area contributed by atoms with Gasteiger partial charge in [-0.05, 0) is 38.0 Å². The Hall–Kier alpha value is -1.05. The Morgan fingerprint density at radius 3 is 2.28 bits per heavy atom. The smallest absolute Gasteiger partial charge is 0.246 e. The third-order valence-electron chi connectivity index (χ3n) is 4.59. The van der Waals surface area contributed by atoms with Crippen molar-refractivity contribution in [3.05, 3.63) is 24.3 Å². The predicted molar refractivity (Wildman–Crippen MR) is 75.3 cm³/mol. The Labute approximate surface area is 111 Å². The SMILES string of the molecule is CC=CC=CC(=O)N1CCC2(CCCCC2)CC1. The van der Waals surface area contributed by atoms with Gasteiger partial charge in [-0.1, -0.05) is 37.5 Å². The van der Waals surface area contributed by atoms with E-state index in [4.69, 9.17) is 0 Å². The van der Waals surface area contributed by atoms with E-state index in [1.807, 2.05) is 30.1 Å². The summed E-state index contributed by atoms with van der Waals surface area (Å²) in [6.07, 6.45) is 16.8. The van der Waals surface area contributed by atoms with Crippen molar-refractivity contribution in [1.82, 2.24) is 4.90 Å². The molecule has 2 aliphatic rings. The molecule has 0 atom stereocenters. The molecule has 1 saturated heterocycles. The molecule has 1 heterocycles. The summed E-state index contributed by atoms with van der Waals surface area (Å²) in [7, 11) is 0. The van der Waals surface area contributed by atoms with Gasteiger partial charge in [-0.25, -0.2) is 0 Å². The number of hydrogen-bond acceptors (Lipinski definition) is 1. The molecule has 1 spiro atoms. The summed E-state index contributed by atoms with van der Waals surface area (Å²) in [5, 5.41) is 0. The highest BCUT2D eigenvalue weighted by molar-refractivity contribution is 5.87. The lowest BCUT2D eigenvalue weighted by Gasteiger charge is -2.44. The van der Waals surface area contributed by atoms with Crippen molar-refractivity contribution in [2.45, 2.75) is 51.9 Å². The first-order valence-electron chi connectivity index (χ1n) is 7.34. The number of piperidine rings is 1. The number of rotatable bonds is 2. The third-order valence-corrected chi connectivity index (χ3v) is 4.59. The van der Waals surface area contributed by atoms with E-state index in [0.29, 0.717) is 5.41 Å². The fourth-order valence-electron chi connectivity index (χ4n) is 3.36. The lowest BCUT2D eigenvalue weighted by Crippen LogP contribution is -2.43. The van der Waals surface area contributed by atoms with Crippen LogP contribution in [-0.4, -0.2) is 23.9 Å². The summed E-state index contributed by atoms with van der Waals surface area (Å²) >= 11 is 0. The zero-order valence-corrected chi connectivity index (χ0v) is 11.5. The van der Waals surface area contributed by atoms with Gasteiger partial charge in [0.15, 0.2) is 0 Å². The fourth-order valence-corrected chi connectivity index (χ4v) is 3.36. The van der Waals surface area contributed by atoms with E-state index in [1.165, 1.54) is 44.9 Å². The summed E-state index contributed by atoms with van der Waals surface area (Å²) in [5.41, 5.74) is 0.585. The maximum atomic E-state index is 11.9. The number of nitrogens with zero attached hydrogens (tertiary/aromatic N) is 1. The van der Waals surface area contributed by atoms with Crippen LogP contribution in [0, 0.1) is 5.41 Å². The van der Waals surface area contributed by atoms with Crippen LogP contribution in [0.2, 0.25) is 0 Å². The topological polar surface area (TPSA) is 20.3 Å². The van der Waals surface area contributed by atoms with Gasteiger partial charge < -0.3 is 4.90 Å². The minimum absolute atomic E-state index is 0.179. The lowest BCUT2D eigenvalue weighted by atomic mass is 9.68. The minimum atomic E-state index is 0.179. The molecule has 2 nitrogen and oxygen atoms in total. The van der Waals surface area contributed by atoms with Crippen LogP contribution in [0.25, 0.3) is 0 Å². The molecule has 1 amide bonds. The number of likely N-dealkylation sites (tertiary alicyclic amines) is 1. The molecule has 2 rings (SSSR count). The van der Waals surface area contributed by atoms with Gasteiger partial charge in [0.2, 0.25) is 5.91 Å². The first-order valence-corrected chi connectivity index (χ1v) is 7.34. The van der Waals surface area contributed by atoms with E-state index in [2.05, 4.69) is 0 Å². The van der Waals surface area contributed by atoms with Crippen molar-refractivity contribution >= 4 is 5.91 Å². The first kappa shape index (κ1) is 13.4. The molecule has 2 heteroatoms. The largest absolute Gasteiger partial charge is 0.339 e. The van der Waals surface area contributed by atoms with E-state index in [0.717, 1.165) is 13.1 Å². The average molecular weight is 247 g/mol. The van der Waals surface area contributed by atoms with Gasteiger partial charge in [0.25, 0.3) is 0 Å². The number of amides is 1. The minimum Gasteiger partial charge on any atom is -0.339 e. The van der Waals surface area contributed by atoms with Crippen LogP contribution in [0.5, 0.6) is 0 Å². The normalized spacial score (nSPS) is 24.2. The number of hydrogen-bond donors (Lipinski definition) is 0. The van der Waals surface area contributed by atoms with Crippen LogP contribution in [0.4, 0.5) is 0 Å². The molecule has 100 valence electrons. The number of carbonyl (C=O) groups excluding carboxylic acids is 1. The Balaban J connectivity index is 1.84. The Kier molecular flexibility index (Phi) is 4.62. The van der Waals surface area contributed by atoms with Crippen molar-refractivity contribution in [3.63, 3.8) is 0 Å². The van der Waals surface area contributed by atoms with Crippen LogP contribution < -0.4 is 0 Å². The molecule has 1 saturated carbocycles. The molecule has 0 aromatic heterocycles. The Morgan fingerprint density at radius 1 is 1.00 bits per heavy atom. The molecule has 0 radical (unpaired) electrons. The second-order valence-electron chi connectivity index (χ2n) is 5.77. The highest BCUT2D eigenvalue weighted by atomic mass is 16.2. The second kappa shape index (κ2) is 6.21. The molecule has 2 fully saturated rings. The van der Waals surface area contributed by atoms with E-state index < -0.39 is 0 Å². The molecule has 0 bridgehead atoms. The molecule has 0 aromatic rings. The number of carbonyl (C=O) groups is 1. The van der Waals surface area contributed by atoms with E-state index in [1.54, 1.807) is 6.08 Å². The van der Waals surface area contributed by atoms with E-state index >= 15 is 0 Å². The van der Waals surface area contributed by atoms with Crippen molar-refractivity contribution < 1.29 is 4.79 Å². The zero-order valence-electron chi connectivity index (χ0n) is 11.5. The van der Waals surface area contributed by atoms with Gasteiger partial charge in [-0.2, -0.15) is 0 Å². The summed E-state index contributed by atoms with van der Waals surface area (Å²) in [6.45, 7) is 3.88. The highest BCUT2D eigenvalue weighted by Crippen LogP contribution is 2.44. The molecule has 1 aliphatic heterocycles. The molecule has 18 heavy (non-hydrogen) atoms. The van der Waals surface area contributed by atoms with Gasteiger partial charge >= 0.3 is 0 Å². The third kappa shape index (κ3) is 3.24.